The van der Waals surface area contributed by atoms with Crippen molar-refractivity contribution in [2.45, 2.75) is 33.6 Å². The average Bonchev–Trinajstić information content (AvgIpc) is 2.40. The van der Waals surface area contributed by atoms with Crippen molar-refractivity contribution in [3.05, 3.63) is 17.6 Å². The number of nitrogens with zero attached hydrogens (tertiary/aromatic N) is 3. The summed E-state index contributed by atoms with van der Waals surface area (Å²) in [6.45, 7) is 10.9. The smallest absolute Gasteiger partial charge is 0.147 e. The van der Waals surface area contributed by atoms with Crippen LogP contribution in [0.5, 0.6) is 0 Å². The molecular weight excluding hydrogens is 224 g/mol. The Kier molecular flexibility index (Phi) is 4.53. The predicted octanol–water partition coefficient (Wildman–Crippen LogP) is 2.24. The quantitative estimate of drug-likeness (QED) is 0.887. The van der Waals surface area contributed by atoms with Gasteiger partial charge in [0.15, 0.2) is 0 Å². The number of anilines is 1. The molecule has 0 aliphatic carbocycles. The van der Waals surface area contributed by atoms with Gasteiger partial charge in [0.25, 0.3) is 0 Å². The van der Waals surface area contributed by atoms with Gasteiger partial charge < -0.3 is 10.2 Å². The van der Waals surface area contributed by atoms with Crippen LogP contribution in [0.1, 0.15) is 31.2 Å². The predicted molar refractivity (Wildman–Crippen MR) is 74.8 cm³/mol. The van der Waals surface area contributed by atoms with Crippen LogP contribution < -0.4 is 5.32 Å². The highest BCUT2D eigenvalue weighted by Crippen LogP contribution is 2.18. The average molecular weight is 248 g/mol. The summed E-state index contributed by atoms with van der Waals surface area (Å²) in [6, 6.07) is 0. The summed E-state index contributed by atoms with van der Waals surface area (Å²) < 4.78 is 0. The van der Waals surface area contributed by atoms with Crippen LogP contribution in [-0.2, 0) is 0 Å². The number of nitrogens with one attached hydrogen (secondary N) is 1. The molecule has 1 N–H and O–H groups in total. The minimum atomic E-state index is 0.773. The zero-order valence-electron chi connectivity index (χ0n) is 11.7. The molecule has 1 fully saturated rings. The van der Waals surface area contributed by atoms with E-state index in [9.17, 15) is 0 Å². The van der Waals surface area contributed by atoms with Gasteiger partial charge in [-0.1, -0.05) is 6.92 Å². The molecule has 0 unspecified atom stereocenters. The van der Waals surface area contributed by atoms with E-state index in [2.05, 4.69) is 27.1 Å². The van der Waals surface area contributed by atoms with Gasteiger partial charge in [0.1, 0.15) is 5.82 Å². The molecule has 4 heteroatoms. The molecule has 18 heavy (non-hydrogen) atoms. The molecule has 0 spiro atoms. The fraction of sp³-hybridized carbons (Fsp3) is 0.714. The van der Waals surface area contributed by atoms with Crippen molar-refractivity contribution in [1.82, 2.24) is 14.9 Å². The first-order chi connectivity index (χ1) is 8.69. The van der Waals surface area contributed by atoms with Crippen LogP contribution in [0.3, 0.4) is 0 Å². The zero-order chi connectivity index (χ0) is 13.0. The van der Waals surface area contributed by atoms with Gasteiger partial charge in [0.05, 0.1) is 11.4 Å². The van der Waals surface area contributed by atoms with Crippen LogP contribution in [0, 0.1) is 19.8 Å². The lowest BCUT2D eigenvalue weighted by molar-refractivity contribution is 0.198. The maximum Gasteiger partial charge on any atom is 0.147 e. The lowest BCUT2D eigenvalue weighted by atomic mass is 9.97. The second-order valence-electron chi connectivity index (χ2n) is 5.20. The van der Waals surface area contributed by atoms with Crippen molar-refractivity contribution < 1.29 is 0 Å². The van der Waals surface area contributed by atoms with Gasteiger partial charge in [-0.05, 0) is 52.2 Å². The third-order valence-electron chi connectivity index (χ3n) is 3.79. The van der Waals surface area contributed by atoms with E-state index < -0.39 is 0 Å². The number of hydrogen-bond donors (Lipinski definition) is 1. The molecule has 1 aliphatic rings. The lowest BCUT2D eigenvalue weighted by Gasteiger charge is -2.31. The van der Waals surface area contributed by atoms with Crippen LogP contribution >= 0.6 is 0 Å². The topological polar surface area (TPSA) is 41.0 Å². The highest BCUT2D eigenvalue weighted by molar-refractivity contribution is 5.39. The molecule has 1 aliphatic heterocycles. The summed E-state index contributed by atoms with van der Waals surface area (Å²) in [6.07, 6.45) is 4.40. The van der Waals surface area contributed by atoms with Crippen LogP contribution in [0.2, 0.25) is 0 Å². The molecule has 0 saturated carbocycles. The Morgan fingerprint density at radius 2 is 2.06 bits per heavy atom. The second kappa shape index (κ2) is 6.14. The van der Waals surface area contributed by atoms with Gasteiger partial charge in [0, 0.05) is 12.7 Å². The van der Waals surface area contributed by atoms with E-state index in [1.54, 1.807) is 0 Å². The SMILES string of the molecule is CCN1CCC(CNc2nc(C)cnc2C)CC1. The van der Waals surface area contributed by atoms with Crippen molar-refractivity contribution >= 4 is 5.82 Å². The molecule has 0 amide bonds. The first-order valence-electron chi connectivity index (χ1n) is 6.95. The van der Waals surface area contributed by atoms with E-state index in [0.29, 0.717) is 0 Å². The number of aryl methyl sites for hydroxylation is 2. The summed E-state index contributed by atoms with van der Waals surface area (Å²) in [5.41, 5.74) is 1.97. The van der Waals surface area contributed by atoms with Crippen molar-refractivity contribution in [2.75, 3.05) is 31.5 Å². The summed E-state index contributed by atoms with van der Waals surface area (Å²) in [5, 5.41) is 3.46. The fourth-order valence-corrected chi connectivity index (χ4v) is 2.45. The van der Waals surface area contributed by atoms with Gasteiger partial charge in [-0.25, -0.2) is 4.98 Å². The minimum absolute atomic E-state index is 0.773. The molecule has 1 saturated heterocycles. The molecule has 2 rings (SSSR count). The van der Waals surface area contributed by atoms with Gasteiger partial charge in [-0.3, -0.25) is 4.98 Å². The molecular formula is C14H24N4. The van der Waals surface area contributed by atoms with Crippen molar-refractivity contribution in [3.8, 4) is 0 Å². The molecule has 0 bridgehead atoms. The molecule has 2 heterocycles. The second-order valence-corrected chi connectivity index (χ2v) is 5.20. The van der Waals surface area contributed by atoms with E-state index in [1.165, 1.54) is 32.5 Å². The van der Waals surface area contributed by atoms with E-state index in [1.807, 2.05) is 20.0 Å². The lowest BCUT2D eigenvalue weighted by Crippen LogP contribution is -2.35. The van der Waals surface area contributed by atoms with Gasteiger partial charge in [-0.15, -0.1) is 0 Å². The molecule has 0 radical (unpaired) electrons. The summed E-state index contributed by atoms with van der Waals surface area (Å²) >= 11 is 0. The van der Waals surface area contributed by atoms with Crippen molar-refractivity contribution in [2.24, 2.45) is 5.92 Å². The summed E-state index contributed by atoms with van der Waals surface area (Å²) in [4.78, 5) is 11.4. The molecule has 1 aromatic rings. The monoisotopic (exact) mass is 248 g/mol. The third kappa shape index (κ3) is 3.42. The highest BCUT2D eigenvalue weighted by Gasteiger charge is 2.18. The fourth-order valence-electron chi connectivity index (χ4n) is 2.45. The van der Waals surface area contributed by atoms with E-state index in [-0.39, 0.29) is 0 Å². The number of piperidine rings is 1. The van der Waals surface area contributed by atoms with Gasteiger partial charge in [0.2, 0.25) is 0 Å². The molecule has 4 nitrogen and oxygen atoms in total. The van der Waals surface area contributed by atoms with Crippen LogP contribution in [-0.4, -0.2) is 41.0 Å². The van der Waals surface area contributed by atoms with Crippen LogP contribution in [0.15, 0.2) is 6.20 Å². The standard InChI is InChI=1S/C14H24N4/c1-4-18-7-5-13(6-8-18)10-16-14-12(3)15-9-11(2)17-14/h9,13H,4-8,10H2,1-3H3,(H,16,17). The Bertz CT molecular complexity index is 383. The first kappa shape index (κ1) is 13.3. The van der Waals surface area contributed by atoms with E-state index in [0.717, 1.165) is 29.7 Å². The Morgan fingerprint density at radius 3 is 2.72 bits per heavy atom. The molecule has 1 aromatic heterocycles. The highest BCUT2D eigenvalue weighted by atomic mass is 15.1. The van der Waals surface area contributed by atoms with E-state index in [4.69, 9.17) is 0 Å². The van der Waals surface area contributed by atoms with Crippen LogP contribution in [0.25, 0.3) is 0 Å². The third-order valence-corrected chi connectivity index (χ3v) is 3.79. The Hall–Kier alpha value is -1.16. The Balaban J connectivity index is 1.83. The largest absolute Gasteiger partial charge is 0.368 e. The van der Waals surface area contributed by atoms with Crippen LogP contribution in [0.4, 0.5) is 5.82 Å². The maximum absolute atomic E-state index is 4.50. The first-order valence-corrected chi connectivity index (χ1v) is 6.95. The van der Waals surface area contributed by atoms with Gasteiger partial charge >= 0.3 is 0 Å². The number of rotatable bonds is 4. The number of likely N-dealkylation sites (tertiary alicyclic amines) is 1. The zero-order valence-corrected chi connectivity index (χ0v) is 11.7. The minimum Gasteiger partial charge on any atom is -0.368 e. The molecule has 100 valence electrons. The summed E-state index contributed by atoms with van der Waals surface area (Å²) in [7, 11) is 0. The van der Waals surface area contributed by atoms with E-state index >= 15 is 0 Å². The Labute approximate surface area is 110 Å². The Morgan fingerprint density at radius 1 is 1.33 bits per heavy atom. The normalized spacial score (nSPS) is 17.9. The van der Waals surface area contributed by atoms with Crippen molar-refractivity contribution in [3.63, 3.8) is 0 Å². The van der Waals surface area contributed by atoms with Gasteiger partial charge in [-0.2, -0.15) is 0 Å². The molecule has 0 aromatic carbocycles. The summed E-state index contributed by atoms with van der Waals surface area (Å²) in [5.74, 6) is 1.72. The molecule has 0 atom stereocenters. The number of hydrogen-bond acceptors (Lipinski definition) is 4. The number of aromatic nitrogens is 2. The van der Waals surface area contributed by atoms with Crippen molar-refractivity contribution in [1.29, 1.82) is 0 Å². The maximum atomic E-state index is 4.50.